The second kappa shape index (κ2) is 6.45. The largest absolute Gasteiger partial charge is 0.340 e. The van der Waals surface area contributed by atoms with Crippen LogP contribution in [0.4, 0.5) is 0 Å². The lowest BCUT2D eigenvalue weighted by Crippen LogP contribution is -2.60. The Hall–Kier alpha value is -1.59. The van der Waals surface area contributed by atoms with E-state index in [0.717, 1.165) is 12.8 Å². The maximum atomic E-state index is 12.7. The van der Waals surface area contributed by atoms with Gasteiger partial charge in [0.15, 0.2) is 0 Å². The lowest BCUT2D eigenvalue weighted by molar-refractivity contribution is -0.154. The van der Waals surface area contributed by atoms with Gasteiger partial charge in [0.25, 0.3) is 0 Å². The normalized spacial score (nSPS) is 27.0. The van der Waals surface area contributed by atoms with Gasteiger partial charge >= 0.3 is 0 Å². The number of hydrogen-bond acceptors (Lipinski definition) is 3. The summed E-state index contributed by atoms with van der Waals surface area (Å²) in [5, 5.41) is 0. The molecule has 2 atom stereocenters. The van der Waals surface area contributed by atoms with Gasteiger partial charge in [0.1, 0.15) is 6.04 Å². The van der Waals surface area contributed by atoms with Crippen LogP contribution in [0.2, 0.25) is 0 Å². The highest BCUT2D eigenvalue weighted by Crippen LogP contribution is 2.21. The van der Waals surface area contributed by atoms with E-state index in [0.29, 0.717) is 25.9 Å². The fraction of sp³-hybridized carbons (Fsp3) is 0.800. The topological polar surface area (TPSA) is 60.9 Å². The van der Waals surface area contributed by atoms with Crippen molar-refractivity contribution in [2.75, 3.05) is 26.7 Å². The predicted octanol–water partition coefficient (Wildman–Crippen LogP) is 0.467. The Bertz CT molecular complexity index is 438. The Labute approximate surface area is 126 Å². The molecule has 0 spiro atoms. The van der Waals surface area contributed by atoms with E-state index in [2.05, 4.69) is 0 Å². The fourth-order valence-corrected chi connectivity index (χ4v) is 3.10. The minimum absolute atomic E-state index is 0.0223. The first-order valence-electron chi connectivity index (χ1n) is 7.79. The fourth-order valence-electron chi connectivity index (χ4n) is 3.10. The molecule has 6 nitrogen and oxygen atoms in total. The maximum absolute atomic E-state index is 12.7. The lowest BCUT2D eigenvalue weighted by Gasteiger charge is -2.42. The zero-order valence-electron chi connectivity index (χ0n) is 13.2. The van der Waals surface area contributed by atoms with Crippen molar-refractivity contribution in [1.82, 2.24) is 14.7 Å². The molecular formula is C15H25N3O3. The van der Waals surface area contributed by atoms with E-state index < -0.39 is 0 Å². The second-order valence-corrected chi connectivity index (χ2v) is 6.02. The van der Waals surface area contributed by atoms with Crippen molar-refractivity contribution in [3.8, 4) is 0 Å². The van der Waals surface area contributed by atoms with E-state index in [9.17, 15) is 14.4 Å². The first-order chi connectivity index (χ1) is 9.95. The van der Waals surface area contributed by atoms with Crippen molar-refractivity contribution in [3.63, 3.8) is 0 Å². The summed E-state index contributed by atoms with van der Waals surface area (Å²) in [5.41, 5.74) is 0. The Morgan fingerprint density at radius 3 is 2.62 bits per heavy atom. The number of likely N-dealkylation sites (N-methyl/N-ethyl adjacent to an activating group) is 1. The van der Waals surface area contributed by atoms with Crippen LogP contribution in [-0.4, -0.2) is 71.2 Å². The third-order valence-corrected chi connectivity index (χ3v) is 4.59. The Morgan fingerprint density at radius 1 is 1.29 bits per heavy atom. The van der Waals surface area contributed by atoms with Crippen LogP contribution >= 0.6 is 0 Å². The molecule has 0 aromatic heterocycles. The summed E-state index contributed by atoms with van der Waals surface area (Å²) in [6.07, 6.45) is 3.04. The van der Waals surface area contributed by atoms with Crippen LogP contribution in [0.5, 0.6) is 0 Å². The number of hydrogen-bond donors (Lipinski definition) is 0. The van der Waals surface area contributed by atoms with Gasteiger partial charge in [-0.3, -0.25) is 14.4 Å². The zero-order chi connectivity index (χ0) is 15.6. The lowest BCUT2D eigenvalue weighted by atomic mass is 9.99. The number of likely N-dealkylation sites (tertiary alicyclic amines) is 1. The number of nitrogens with zero attached hydrogens (tertiary/aromatic N) is 3. The molecule has 3 amide bonds. The number of rotatable bonds is 2. The van der Waals surface area contributed by atoms with Crippen molar-refractivity contribution in [3.05, 3.63) is 0 Å². The minimum Gasteiger partial charge on any atom is -0.340 e. The first kappa shape index (κ1) is 15.8. The molecule has 118 valence electrons. The van der Waals surface area contributed by atoms with E-state index in [4.69, 9.17) is 0 Å². The molecule has 2 heterocycles. The smallest absolute Gasteiger partial charge is 0.245 e. The summed E-state index contributed by atoms with van der Waals surface area (Å²) in [6, 6.07) is -0.358. The van der Waals surface area contributed by atoms with Gasteiger partial charge in [-0.25, -0.2) is 0 Å². The van der Waals surface area contributed by atoms with Crippen LogP contribution in [0.25, 0.3) is 0 Å². The van der Waals surface area contributed by atoms with Crippen molar-refractivity contribution in [2.45, 2.75) is 51.6 Å². The molecule has 2 aliphatic rings. The van der Waals surface area contributed by atoms with Gasteiger partial charge in [-0.05, 0) is 26.2 Å². The Balaban J connectivity index is 2.10. The quantitative estimate of drug-likeness (QED) is 0.744. The van der Waals surface area contributed by atoms with E-state index >= 15 is 0 Å². The summed E-state index contributed by atoms with van der Waals surface area (Å²) in [6.45, 7) is 5.09. The SMILES string of the molecule is CCC(=O)N1CCCC[C@@H]1C(=O)N1CC(=O)N(C)[C@@H](C)C1. The molecule has 0 saturated carbocycles. The number of carbonyl (C=O) groups excluding carboxylic acids is 3. The van der Waals surface area contributed by atoms with Crippen LogP contribution in [0.15, 0.2) is 0 Å². The van der Waals surface area contributed by atoms with Crippen LogP contribution < -0.4 is 0 Å². The van der Waals surface area contributed by atoms with Crippen molar-refractivity contribution >= 4 is 17.7 Å². The molecule has 6 heteroatoms. The maximum Gasteiger partial charge on any atom is 0.245 e. The second-order valence-electron chi connectivity index (χ2n) is 6.02. The highest BCUT2D eigenvalue weighted by atomic mass is 16.2. The number of piperazine rings is 1. The molecule has 2 rings (SSSR count). The first-order valence-corrected chi connectivity index (χ1v) is 7.79. The van der Waals surface area contributed by atoms with Gasteiger partial charge in [0.2, 0.25) is 17.7 Å². The summed E-state index contributed by atoms with van der Waals surface area (Å²) in [5.74, 6) is -0.0716. The molecule has 21 heavy (non-hydrogen) atoms. The molecule has 0 aromatic rings. The van der Waals surface area contributed by atoms with E-state index in [1.165, 1.54) is 0 Å². The summed E-state index contributed by atoms with van der Waals surface area (Å²) < 4.78 is 0. The number of amides is 3. The van der Waals surface area contributed by atoms with E-state index in [1.54, 1.807) is 21.7 Å². The molecule has 2 saturated heterocycles. The molecular weight excluding hydrogens is 270 g/mol. The third-order valence-electron chi connectivity index (χ3n) is 4.59. The highest BCUT2D eigenvalue weighted by Gasteiger charge is 2.37. The molecule has 0 N–H and O–H groups in total. The molecule has 0 bridgehead atoms. The molecule has 2 aliphatic heterocycles. The standard InChI is InChI=1S/C15H25N3O3/c1-4-13(19)18-8-6-5-7-12(18)15(21)17-9-11(2)16(3)14(20)10-17/h11-12H,4-10H2,1-3H3/t11-,12+/m0/s1. The Kier molecular flexibility index (Phi) is 4.85. The number of carbonyl (C=O) groups is 3. The van der Waals surface area contributed by atoms with Gasteiger partial charge in [-0.1, -0.05) is 6.92 Å². The van der Waals surface area contributed by atoms with Crippen molar-refractivity contribution in [2.24, 2.45) is 0 Å². The van der Waals surface area contributed by atoms with Crippen LogP contribution in [0, 0.1) is 0 Å². The average Bonchev–Trinajstić information content (AvgIpc) is 2.50. The van der Waals surface area contributed by atoms with Crippen LogP contribution in [0.1, 0.15) is 39.5 Å². The molecule has 2 fully saturated rings. The van der Waals surface area contributed by atoms with Gasteiger partial charge in [-0.2, -0.15) is 0 Å². The monoisotopic (exact) mass is 295 g/mol. The molecule has 0 aliphatic carbocycles. The van der Waals surface area contributed by atoms with E-state index in [1.807, 2.05) is 13.8 Å². The zero-order valence-corrected chi connectivity index (χ0v) is 13.2. The summed E-state index contributed by atoms with van der Waals surface area (Å²) in [7, 11) is 1.77. The van der Waals surface area contributed by atoms with Crippen molar-refractivity contribution < 1.29 is 14.4 Å². The van der Waals surface area contributed by atoms with Crippen molar-refractivity contribution in [1.29, 1.82) is 0 Å². The molecule has 0 radical (unpaired) electrons. The van der Waals surface area contributed by atoms with Crippen LogP contribution in [-0.2, 0) is 14.4 Å². The predicted molar refractivity (Wildman–Crippen MR) is 78.5 cm³/mol. The van der Waals surface area contributed by atoms with Gasteiger partial charge in [0.05, 0.1) is 6.54 Å². The summed E-state index contributed by atoms with van der Waals surface area (Å²) in [4.78, 5) is 41.7. The van der Waals surface area contributed by atoms with Gasteiger partial charge < -0.3 is 14.7 Å². The van der Waals surface area contributed by atoms with Crippen LogP contribution in [0.3, 0.4) is 0 Å². The van der Waals surface area contributed by atoms with Gasteiger partial charge in [-0.15, -0.1) is 0 Å². The minimum atomic E-state index is -0.380. The Morgan fingerprint density at radius 2 is 2.00 bits per heavy atom. The summed E-state index contributed by atoms with van der Waals surface area (Å²) >= 11 is 0. The molecule has 0 aromatic carbocycles. The molecule has 0 unspecified atom stereocenters. The number of piperidine rings is 1. The third kappa shape index (κ3) is 3.19. The van der Waals surface area contributed by atoms with Gasteiger partial charge in [0, 0.05) is 32.6 Å². The highest BCUT2D eigenvalue weighted by molar-refractivity contribution is 5.91. The average molecular weight is 295 g/mol. The van der Waals surface area contributed by atoms with E-state index in [-0.39, 0.29) is 36.3 Å².